The zero-order valence-corrected chi connectivity index (χ0v) is 18.3. The van der Waals surface area contributed by atoms with Crippen molar-refractivity contribution >= 4 is 17.8 Å². The van der Waals surface area contributed by atoms with Crippen molar-refractivity contribution in [1.82, 2.24) is 10.8 Å². The van der Waals surface area contributed by atoms with Gasteiger partial charge >= 0.3 is 11.9 Å². The number of carboxylic acid groups (broad SMARTS) is 2. The maximum atomic E-state index is 12.7. The van der Waals surface area contributed by atoms with E-state index in [1.165, 1.54) is 0 Å². The highest BCUT2D eigenvalue weighted by Gasteiger charge is 2.40. The van der Waals surface area contributed by atoms with E-state index >= 15 is 0 Å². The van der Waals surface area contributed by atoms with E-state index in [4.69, 9.17) is 4.84 Å². The molecule has 1 amide bonds. The van der Waals surface area contributed by atoms with Gasteiger partial charge in [0.1, 0.15) is 0 Å². The van der Waals surface area contributed by atoms with E-state index in [9.17, 15) is 34.8 Å². The van der Waals surface area contributed by atoms with Gasteiger partial charge in [0.05, 0.1) is 36.6 Å². The molecule has 3 rings (SSSR count). The van der Waals surface area contributed by atoms with Gasteiger partial charge in [-0.25, -0.2) is 0 Å². The van der Waals surface area contributed by atoms with Gasteiger partial charge in [0.2, 0.25) is 5.91 Å². The minimum atomic E-state index is -0.988. The van der Waals surface area contributed by atoms with Crippen molar-refractivity contribution in [3.8, 4) is 0 Å². The smallest absolute Gasteiger partial charge is 0.307 e. The summed E-state index contributed by atoms with van der Waals surface area (Å²) in [5.74, 6) is -4.32. The van der Waals surface area contributed by atoms with E-state index in [0.29, 0.717) is 32.1 Å². The van der Waals surface area contributed by atoms with Gasteiger partial charge in [-0.2, -0.15) is 5.48 Å². The summed E-state index contributed by atoms with van der Waals surface area (Å²) in [4.78, 5) is 41.2. The Bertz CT molecular complexity index is 666. The van der Waals surface area contributed by atoms with Gasteiger partial charge in [0.15, 0.2) is 0 Å². The van der Waals surface area contributed by atoms with E-state index in [1.807, 2.05) is 0 Å². The molecule has 0 radical (unpaired) electrons. The van der Waals surface area contributed by atoms with Crippen LogP contribution in [0.3, 0.4) is 0 Å². The third-order valence-electron chi connectivity index (χ3n) is 7.37. The number of amides is 1. The predicted molar refractivity (Wildman–Crippen MR) is 112 cm³/mol. The molecule has 0 spiro atoms. The lowest BCUT2D eigenvalue weighted by Crippen LogP contribution is -2.48. The monoisotopic (exact) mass is 456 g/mol. The fourth-order valence-corrected chi connectivity index (χ4v) is 5.42. The molecule has 3 saturated carbocycles. The number of aliphatic hydroxyl groups is 2. The average molecular weight is 457 g/mol. The Kier molecular flexibility index (Phi) is 8.87. The van der Waals surface area contributed by atoms with Crippen molar-refractivity contribution in [2.24, 2.45) is 23.7 Å². The van der Waals surface area contributed by atoms with Crippen molar-refractivity contribution in [2.75, 3.05) is 6.61 Å². The van der Waals surface area contributed by atoms with Crippen molar-refractivity contribution in [1.29, 1.82) is 0 Å². The van der Waals surface area contributed by atoms with Crippen LogP contribution >= 0.6 is 0 Å². The van der Waals surface area contributed by atoms with Crippen LogP contribution in [0.2, 0.25) is 0 Å². The second-order valence-electron chi connectivity index (χ2n) is 9.68. The molecule has 182 valence electrons. The molecule has 3 aliphatic rings. The van der Waals surface area contributed by atoms with Gasteiger partial charge in [-0.05, 0) is 70.1 Å². The summed E-state index contributed by atoms with van der Waals surface area (Å²) < 4.78 is 0. The number of carbonyl (C=O) groups excluding carboxylic acids is 1. The summed E-state index contributed by atoms with van der Waals surface area (Å²) in [6, 6.07) is 0.0437. The Balaban J connectivity index is 1.39. The first-order valence-corrected chi connectivity index (χ1v) is 11.7. The minimum Gasteiger partial charge on any atom is -0.481 e. The molecule has 32 heavy (non-hydrogen) atoms. The number of hydrogen-bond acceptors (Lipinski definition) is 7. The fourth-order valence-electron chi connectivity index (χ4n) is 5.42. The van der Waals surface area contributed by atoms with Crippen LogP contribution in [0.4, 0.5) is 0 Å². The number of aliphatic carboxylic acids is 2. The largest absolute Gasteiger partial charge is 0.481 e. The van der Waals surface area contributed by atoms with Crippen LogP contribution in [0, 0.1) is 23.7 Å². The molecule has 10 nitrogen and oxygen atoms in total. The molecule has 6 N–H and O–H groups in total. The molecule has 0 bridgehead atoms. The third kappa shape index (κ3) is 6.63. The van der Waals surface area contributed by atoms with Gasteiger partial charge < -0.3 is 30.6 Å². The Morgan fingerprint density at radius 3 is 1.91 bits per heavy atom. The van der Waals surface area contributed by atoms with Crippen molar-refractivity contribution in [2.45, 2.75) is 88.5 Å². The molecule has 0 saturated heterocycles. The van der Waals surface area contributed by atoms with Gasteiger partial charge in [0, 0.05) is 12.1 Å². The molecule has 10 heteroatoms. The van der Waals surface area contributed by atoms with Crippen LogP contribution in [-0.4, -0.2) is 69.2 Å². The van der Waals surface area contributed by atoms with Crippen LogP contribution < -0.4 is 10.8 Å². The zero-order valence-electron chi connectivity index (χ0n) is 18.3. The van der Waals surface area contributed by atoms with E-state index < -0.39 is 41.9 Å². The van der Waals surface area contributed by atoms with Gasteiger partial charge in [-0.15, -0.1) is 0 Å². The second kappa shape index (κ2) is 11.4. The van der Waals surface area contributed by atoms with Crippen LogP contribution in [0.1, 0.15) is 64.2 Å². The predicted octanol–water partition coefficient (Wildman–Crippen LogP) is 0.659. The van der Waals surface area contributed by atoms with Gasteiger partial charge in [-0.1, -0.05) is 0 Å². The van der Waals surface area contributed by atoms with Crippen LogP contribution in [0.5, 0.6) is 0 Å². The van der Waals surface area contributed by atoms with E-state index in [2.05, 4.69) is 10.8 Å². The first-order valence-electron chi connectivity index (χ1n) is 11.7. The zero-order chi connectivity index (χ0) is 23.3. The maximum Gasteiger partial charge on any atom is 0.307 e. The average Bonchev–Trinajstić information content (AvgIpc) is 2.74. The molecule has 0 aromatic carbocycles. The molecule has 0 aliphatic heterocycles. The Morgan fingerprint density at radius 2 is 1.28 bits per heavy atom. The van der Waals surface area contributed by atoms with E-state index in [0.717, 1.165) is 25.7 Å². The number of carboxylic acids is 2. The molecule has 3 aliphatic carbocycles. The summed E-state index contributed by atoms with van der Waals surface area (Å²) in [5, 5.41) is 41.4. The van der Waals surface area contributed by atoms with Crippen molar-refractivity contribution in [3.05, 3.63) is 0 Å². The first-order chi connectivity index (χ1) is 15.2. The number of rotatable bonds is 8. The van der Waals surface area contributed by atoms with Gasteiger partial charge in [-0.3, -0.25) is 14.4 Å². The Hall–Kier alpha value is -1.75. The highest BCUT2D eigenvalue weighted by Crippen LogP contribution is 2.32. The number of carbonyl (C=O) groups is 3. The number of nitrogens with one attached hydrogen (secondary N) is 2. The molecule has 6 atom stereocenters. The summed E-state index contributed by atoms with van der Waals surface area (Å²) in [6.07, 6.45) is 4.12. The lowest BCUT2D eigenvalue weighted by Gasteiger charge is -2.34. The Morgan fingerprint density at radius 1 is 0.719 bits per heavy atom. The highest BCUT2D eigenvalue weighted by molar-refractivity contribution is 5.85. The molecule has 0 aromatic rings. The number of hydroxylamine groups is 1. The number of aliphatic hydroxyl groups excluding tert-OH is 2. The minimum absolute atomic E-state index is 0.0426. The van der Waals surface area contributed by atoms with Crippen molar-refractivity contribution < 1.29 is 39.6 Å². The second-order valence-corrected chi connectivity index (χ2v) is 9.68. The summed E-state index contributed by atoms with van der Waals surface area (Å²) in [6.45, 7) is 0.227. The molecular weight excluding hydrogens is 420 g/mol. The molecule has 6 unspecified atom stereocenters. The summed E-state index contributed by atoms with van der Waals surface area (Å²) in [7, 11) is 0. The lowest BCUT2D eigenvalue weighted by atomic mass is 9.77. The molecule has 0 heterocycles. The van der Waals surface area contributed by atoms with Crippen LogP contribution in [0.25, 0.3) is 0 Å². The lowest BCUT2D eigenvalue weighted by molar-refractivity contribution is -0.150. The van der Waals surface area contributed by atoms with Crippen molar-refractivity contribution in [3.63, 3.8) is 0 Å². The van der Waals surface area contributed by atoms with E-state index in [-0.39, 0.29) is 36.9 Å². The quantitative estimate of drug-likeness (QED) is 0.288. The normalized spacial score (nSPS) is 38.1. The van der Waals surface area contributed by atoms with Gasteiger partial charge in [0.25, 0.3) is 0 Å². The molecule has 0 aromatic heterocycles. The van der Waals surface area contributed by atoms with E-state index in [1.54, 1.807) is 0 Å². The maximum absolute atomic E-state index is 12.7. The summed E-state index contributed by atoms with van der Waals surface area (Å²) in [5.41, 5.74) is 3.01. The fraction of sp³-hybridized carbons (Fsp3) is 0.864. The number of hydrogen-bond donors (Lipinski definition) is 6. The highest BCUT2D eigenvalue weighted by atomic mass is 16.6. The molecule has 3 fully saturated rings. The topological polar surface area (TPSA) is 165 Å². The third-order valence-corrected chi connectivity index (χ3v) is 7.37. The Labute approximate surface area is 187 Å². The summed E-state index contributed by atoms with van der Waals surface area (Å²) >= 11 is 0. The van der Waals surface area contributed by atoms with Crippen LogP contribution in [-0.2, 0) is 19.2 Å². The van der Waals surface area contributed by atoms with Crippen LogP contribution in [0.15, 0.2) is 0 Å². The first kappa shape index (κ1) is 24.9. The standard InChI is InChI=1S/C22H36N2O8/c25-15-5-7-17(21(28)29)12(9-15)11-32-24-14-3-1-13(2-4-14)23-20(27)19-10-16(26)6-8-18(19)22(30)31/h12-19,24-26H,1-11H2,(H,23,27)(H,28,29)(H,30,31). The SMILES string of the molecule is O=C(O)C1CCC(O)CC1CONC1CCC(NC(=O)C2CC(O)CCC2C(=O)O)CC1. The molecular formula is C22H36N2O8.